The first-order valence-electron chi connectivity index (χ1n) is 12.4. The van der Waals surface area contributed by atoms with Crippen LogP contribution in [0.4, 0.5) is 35.0 Å². The summed E-state index contributed by atoms with van der Waals surface area (Å²) >= 11 is 0. The number of methoxy groups -OCH3 is 2. The minimum atomic E-state index is -4.47. The van der Waals surface area contributed by atoms with E-state index in [0.717, 1.165) is 6.07 Å². The molecule has 15 heteroatoms. The average Bonchev–Trinajstić information content (AvgIpc) is 3.50. The highest BCUT2D eigenvalue weighted by molar-refractivity contribution is 5.91. The smallest absolute Gasteiger partial charge is 0.401 e. The lowest BCUT2D eigenvalue weighted by molar-refractivity contribution is -0.165. The zero-order chi connectivity index (χ0) is 29.2. The van der Waals surface area contributed by atoms with Crippen LogP contribution >= 0.6 is 0 Å². The van der Waals surface area contributed by atoms with E-state index in [1.807, 2.05) is 0 Å². The lowest BCUT2D eigenvalue weighted by Gasteiger charge is -2.14. The number of ether oxygens (including phenoxy) is 2. The number of halogens is 4. The van der Waals surface area contributed by atoms with E-state index in [0.29, 0.717) is 35.8 Å². The number of carbonyl (C=O) groups is 1. The second-order valence-electron chi connectivity index (χ2n) is 9.42. The van der Waals surface area contributed by atoms with Crippen molar-refractivity contribution in [2.45, 2.75) is 37.4 Å². The molecule has 0 spiro atoms. The van der Waals surface area contributed by atoms with E-state index in [-0.39, 0.29) is 42.4 Å². The van der Waals surface area contributed by atoms with Crippen molar-refractivity contribution in [3.63, 3.8) is 0 Å². The highest BCUT2D eigenvalue weighted by atomic mass is 19.4. The fraction of sp³-hybridized carbons (Fsp3) is 0.346. The van der Waals surface area contributed by atoms with Crippen molar-refractivity contribution in [1.29, 1.82) is 0 Å². The fourth-order valence-corrected chi connectivity index (χ4v) is 4.19. The van der Waals surface area contributed by atoms with Gasteiger partial charge in [0.05, 0.1) is 32.9 Å². The molecule has 3 aromatic heterocycles. The molecule has 0 atom stereocenters. The third-order valence-corrected chi connectivity index (χ3v) is 6.62. The van der Waals surface area contributed by atoms with Crippen molar-refractivity contribution >= 4 is 23.4 Å². The Bertz CT molecular complexity index is 1530. The molecule has 1 aromatic carbocycles. The maximum Gasteiger partial charge on any atom is 0.401 e. The Kier molecular flexibility index (Phi) is 7.62. The Hall–Kier alpha value is -4.53. The predicted molar refractivity (Wildman–Crippen MR) is 137 cm³/mol. The summed E-state index contributed by atoms with van der Waals surface area (Å²) in [5.41, 5.74) is -0.406. The summed E-state index contributed by atoms with van der Waals surface area (Å²) < 4.78 is 71.5. The van der Waals surface area contributed by atoms with Gasteiger partial charge in [0.25, 0.3) is 5.88 Å². The Morgan fingerprint density at radius 2 is 1.90 bits per heavy atom. The van der Waals surface area contributed by atoms with E-state index in [1.54, 1.807) is 24.1 Å². The largest absolute Gasteiger partial charge is 0.478 e. The number of rotatable bonds is 11. The summed E-state index contributed by atoms with van der Waals surface area (Å²) in [7, 11) is 3.09. The summed E-state index contributed by atoms with van der Waals surface area (Å²) in [4.78, 5) is 21.0. The van der Waals surface area contributed by atoms with Crippen LogP contribution in [0.5, 0.6) is 5.88 Å². The first-order chi connectivity index (χ1) is 19.6. The monoisotopic (exact) mass is 575 g/mol. The second-order valence-corrected chi connectivity index (χ2v) is 9.42. The number of benzene rings is 1. The zero-order valence-electron chi connectivity index (χ0n) is 22.0. The number of hydrogen-bond acceptors (Lipinski definition) is 9. The van der Waals surface area contributed by atoms with Gasteiger partial charge in [-0.05, 0) is 30.0 Å². The lowest BCUT2D eigenvalue weighted by atomic mass is 10.0. The summed E-state index contributed by atoms with van der Waals surface area (Å²) in [6.45, 7) is 1.01. The number of amides is 1. The summed E-state index contributed by atoms with van der Waals surface area (Å²) in [5, 5.41) is 13.2. The van der Waals surface area contributed by atoms with Crippen molar-refractivity contribution in [1.82, 2.24) is 24.9 Å². The Labute approximate surface area is 230 Å². The number of hydrogen-bond donors (Lipinski definition) is 2. The molecule has 0 bridgehead atoms. The Morgan fingerprint density at radius 1 is 1.15 bits per heavy atom. The molecule has 1 fully saturated rings. The van der Waals surface area contributed by atoms with Crippen molar-refractivity contribution in [2.24, 2.45) is 0 Å². The van der Waals surface area contributed by atoms with Gasteiger partial charge < -0.3 is 24.6 Å². The van der Waals surface area contributed by atoms with Gasteiger partial charge in [0.2, 0.25) is 11.9 Å². The zero-order valence-corrected chi connectivity index (χ0v) is 22.0. The van der Waals surface area contributed by atoms with E-state index in [4.69, 9.17) is 14.0 Å². The van der Waals surface area contributed by atoms with Crippen LogP contribution in [0.25, 0.3) is 11.1 Å². The fourth-order valence-electron chi connectivity index (χ4n) is 4.19. The molecular weight excluding hydrogens is 550 g/mol. The minimum Gasteiger partial charge on any atom is -0.478 e. The molecule has 1 saturated carbocycles. The number of alkyl halides is 3. The molecule has 11 nitrogen and oxygen atoms in total. The van der Waals surface area contributed by atoms with E-state index in [9.17, 15) is 22.4 Å². The molecule has 41 heavy (non-hydrogen) atoms. The van der Waals surface area contributed by atoms with Crippen LogP contribution < -0.4 is 15.4 Å². The summed E-state index contributed by atoms with van der Waals surface area (Å²) in [6.07, 6.45) is -0.289. The molecule has 4 aromatic rings. The van der Waals surface area contributed by atoms with Crippen LogP contribution in [-0.2, 0) is 27.9 Å². The molecule has 216 valence electrons. The minimum absolute atomic E-state index is 0.0840. The van der Waals surface area contributed by atoms with E-state index in [2.05, 4.69) is 30.9 Å². The van der Waals surface area contributed by atoms with E-state index >= 15 is 0 Å². The number of aromatic nitrogens is 5. The van der Waals surface area contributed by atoms with Gasteiger partial charge in [-0.3, -0.25) is 9.48 Å². The first kappa shape index (κ1) is 28.0. The van der Waals surface area contributed by atoms with Gasteiger partial charge in [-0.2, -0.15) is 13.2 Å². The standard InChI is InChI=1S/C26H25F4N7O4/c1-39-8-7-37-14-19(23(35-37)40-2)33-24-31-12-17(13-32-24)15-3-4-16(18(27)9-15)10-22(38)34-21-11-20(41-36-21)25(5-6-25)26(28,29)30/h3-4,9,11-14H,5-8,10H2,1-2H3,(H,31,32,33)(H,34,36,38). The third kappa shape index (κ3) is 5.99. The second kappa shape index (κ2) is 11.2. The molecule has 1 amide bonds. The number of nitrogens with one attached hydrogen (secondary N) is 2. The molecule has 2 N–H and O–H groups in total. The van der Waals surface area contributed by atoms with Crippen LogP contribution in [0.15, 0.2) is 47.4 Å². The number of nitrogens with zero attached hydrogens (tertiary/aromatic N) is 5. The Balaban J connectivity index is 1.20. The summed E-state index contributed by atoms with van der Waals surface area (Å²) in [6, 6.07) is 5.34. The van der Waals surface area contributed by atoms with Gasteiger partial charge in [0, 0.05) is 31.1 Å². The van der Waals surface area contributed by atoms with Crippen LogP contribution in [0.1, 0.15) is 24.2 Å². The quantitative estimate of drug-likeness (QED) is 0.246. The molecule has 0 unspecified atom stereocenters. The third-order valence-electron chi connectivity index (χ3n) is 6.62. The van der Waals surface area contributed by atoms with Crippen LogP contribution in [0.3, 0.4) is 0 Å². The van der Waals surface area contributed by atoms with E-state index < -0.39 is 23.3 Å². The van der Waals surface area contributed by atoms with Gasteiger partial charge in [-0.1, -0.05) is 17.3 Å². The molecule has 5 rings (SSSR count). The van der Waals surface area contributed by atoms with Gasteiger partial charge >= 0.3 is 6.18 Å². The molecule has 0 radical (unpaired) electrons. The van der Waals surface area contributed by atoms with Gasteiger partial charge in [0.15, 0.2) is 11.6 Å². The highest BCUT2D eigenvalue weighted by Crippen LogP contribution is 2.59. The maximum atomic E-state index is 14.9. The molecule has 3 heterocycles. The molecular formula is C26H25F4N7O4. The molecule has 1 aliphatic carbocycles. The van der Waals surface area contributed by atoms with Crippen molar-refractivity contribution in [3.8, 4) is 17.0 Å². The molecule has 1 aliphatic rings. The van der Waals surface area contributed by atoms with Gasteiger partial charge in [0.1, 0.15) is 16.9 Å². The highest BCUT2D eigenvalue weighted by Gasteiger charge is 2.66. The molecule has 0 saturated heterocycles. The average molecular weight is 576 g/mol. The van der Waals surface area contributed by atoms with Gasteiger partial charge in [-0.25, -0.2) is 14.4 Å². The number of carbonyl (C=O) groups excluding carboxylic acids is 1. The predicted octanol–water partition coefficient (Wildman–Crippen LogP) is 4.64. The summed E-state index contributed by atoms with van der Waals surface area (Å²) in [5.74, 6) is -1.20. The van der Waals surface area contributed by atoms with E-state index in [1.165, 1.54) is 31.6 Å². The van der Waals surface area contributed by atoms with Crippen LogP contribution in [-0.4, -0.2) is 57.8 Å². The lowest BCUT2D eigenvalue weighted by Crippen LogP contribution is -2.28. The SMILES string of the molecule is COCCn1cc(Nc2ncc(-c3ccc(CC(=O)Nc4cc(C5(C(F)(F)F)CC5)on4)c(F)c3)cn2)c(OC)n1. The number of anilines is 3. The van der Waals surface area contributed by atoms with Crippen molar-refractivity contribution < 1.29 is 36.4 Å². The van der Waals surface area contributed by atoms with Crippen molar-refractivity contribution in [3.05, 3.63) is 60.0 Å². The van der Waals surface area contributed by atoms with Crippen molar-refractivity contribution in [2.75, 3.05) is 31.5 Å². The Morgan fingerprint density at radius 3 is 2.54 bits per heavy atom. The molecule has 0 aliphatic heterocycles. The maximum absolute atomic E-state index is 14.9. The topological polar surface area (TPSA) is 129 Å². The van der Waals surface area contributed by atoms with Crippen LogP contribution in [0, 0.1) is 5.82 Å². The normalized spacial score (nSPS) is 14.1. The van der Waals surface area contributed by atoms with Gasteiger partial charge in [-0.15, -0.1) is 5.10 Å². The van der Waals surface area contributed by atoms with Crippen LogP contribution in [0.2, 0.25) is 0 Å². The first-order valence-corrected chi connectivity index (χ1v) is 12.4.